The normalized spacial score (nSPS) is 38.4. The van der Waals surface area contributed by atoms with Gasteiger partial charge in [0.15, 0.2) is 37.2 Å². The minimum atomic E-state index is -2.33. The van der Waals surface area contributed by atoms with Crippen molar-refractivity contribution >= 4 is 72.0 Å². The number of aliphatic hydroxyl groups excluding tert-OH is 7. The minimum Gasteiger partial charge on any atom is -0.479 e. The van der Waals surface area contributed by atoms with Crippen LogP contribution in [0.4, 0.5) is 0 Å². The van der Waals surface area contributed by atoms with Crippen molar-refractivity contribution in [1.29, 1.82) is 0 Å². The van der Waals surface area contributed by atoms with E-state index in [2.05, 4.69) is 28.6 Å². The zero-order chi connectivity index (χ0) is 71.0. The molecule has 0 bridgehead atoms. The van der Waals surface area contributed by atoms with E-state index in [1.54, 1.807) is 6.92 Å². The van der Waals surface area contributed by atoms with E-state index in [1.807, 2.05) is 0 Å². The predicted molar refractivity (Wildman–Crippen MR) is 315 cm³/mol. The fourth-order valence-electron chi connectivity index (χ4n) is 11.0. The smallest absolute Gasteiger partial charge is 0.335 e. The maximum Gasteiger partial charge on any atom is 0.335 e. The van der Waals surface area contributed by atoms with Gasteiger partial charge >= 0.3 is 29.8 Å². The molecule has 28 atom stereocenters. The Kier molecular flexibility index (Phi) is 31.8. The number of carboxylic acids is 3. The van der Waals surface area contributed by atoms with Crippen molar-refractivity contribution in [3.8, 4) is 0 Å². The first-order valence-electron chi connectivity index (χ1n) is 30.8. The average Bonchev–Trinajstić information content (AvgIpc) is 0.879. The molecule has 0 spiro atoms. The van der Waals surface area contributed by atoms with E-state index in [0.717, 1.165) is 39.4 Å². The lowest BCUT2D eigenvalue weighted by molar-refractivity contribution is -0.461. The van der Waals surface area contributed by atoms with Crippen LogP contribution in [0.1, 0.15) is 80.6 Å². The monoisotopic (exact) mass is 1430 g/mol. The van der Waals surface area contributed by atoms with Crippen LogP contribution in [-0.4, -0.2) is 308 Å². The van der Waals surface area contributed by atoms with Gasteiger partial charge in [0, 0.05) is 45.8 Å². The van der Waals surface area contributed by atoms with Crippen molar-refractivity contribution in [1.82, 2.24) is 16.0 Å². The minimum absolute atomic E-state index is 0.124. The molecular formula is C56H89N3O35S2. The number of carboxylic acid groups (broad SMARTS) is 3. The Hall–Kier alpha value is -4.42. The molecule has 0 aromatic rings. The van der Waals surface area contributed by atoms with Crippen molar-refractivity contribution in [2.75, 3.05) is 44.2 Å². The summed E-state index contributed by atoms with van der Waals surface area (Å²) in [5.41, 5.74) is 0. The second-order valence-corrected chi connectivity index (χ2v) is 25.5. The topological polar surface area (TPSA) is 532 Å². The summed E-state index contributed by atoms with van der Waals surface area (Å²) in [4.78, 5) is 134. The van der Waals surface area contributed by atoms with E-state index in [0.29, 0.717) is 11.5 Å². The van der Waals surface area contributed by atoms with Crippen molar-refractivity contribution in [3.05, 3.63) is 0 Å². The van der Waals surface area contributed by atoms with E-state index >= 15 is 0 Å². The average molecular weight is 1430 g/mol. The molecule has 0 aromatic carbocycles. The Morgan fingerprint density at radius 2 is 0.896 bits per heavy atom. The van der Waals surface area contributed by atoms with Crippen LogP contribution in [0.5, 0.6) is 0 Å². The fraction of sp³-hybridized carbons (Fsp3) is 0.857. The number of ether oxygens (including phenoxy) is 11. The Bertz CT molecular complexity index is 2550. The van der Waals surface area contributed by atoms with Crippen molar-refractivity contribution < 1.29 is 171 Å². The van der Waals surface area contributed by atoms with E-state index in [1.165, 1.54) is 39.6 Å². The van der Waals surface area contributed by atoms with Crippen LogP contribution >= 0.6 is 24.4 Å². The number of thioether (sulfide) groups is 1. The molecule has 0 aliphatic carbocycles. The number of hydrogen-bond donors (Lipinski definition) is 14. The second-order valence-electron chi connectivity index (χ2n) is 23.9. The van der Waals surface area contributed by atoms with Gasteiger partial charge in [0.25, 0.3) is 0 Å². The molecule has 6 heterocycles. The molecule has 0 saturated carbocycles. The number of amides is 3. The summed E-state index contributed by atoms with van der Waals surface area (Å²) in [5, 5.41) is 116. The zero-order valence-corrected chi connectivity index (χ0v) is 55.3. The first-order valence-corrected chi connectivity index (χ1v) is 32.6. The summed E-state index contributed by atoms with van der Waals surface area (Å²) in [6, 6.07) is -3.93. The summed E-state index contributed by atoms with van der Waals surface area (Å²) in [6.07, 6.45) is -43.5. The van der Waals surface area contributed by atoms with E-state index < -0.39 is 258 Å². The molecule has 38 nitrogen and oxygen atoms in total. The molecule has 15 unspecified atom stereocenters. The van der Waals surface area contributed by atoms with E-state index in [9.17, 15) is 89.4 Å². The quantitative estimate of drug-likeness (QED) is 0.00962. The third kappa shape index (κ3) is 21.8. The van der Waals surface area contributed by atoms with Crippen LogP contribution in [-0.2, 0) is 120 Å². The van der Waals surface area contributed by atoms with Gasteiger partial charge in [-0.05, 0) is 31.3 Å². The third-order valence-corrected chi connectivity index (χ3v) is 17.6. The molecule has 13 N–H and O–H groups in total. The van der Waals surface area contributed by atoms with Gasteiger partial charge in [-0.3, -0.25) is 24.0 Å². The van der Waals surface area contributed by atoms with Gasteiger partial charge in [0.1, 0.15) is 105 Å². The van der Waals surface area contributed by atoms with Crippen LogP contribution < -0.4 is 16.0 Å². The van der Waals surface area contributed by atoms with Crippen LogP contribution in [0.3, 0.4) is 0 Å². The van der Waals surface area contributed by atoms with Crippen LogP contribution in [0.2, 0.25) is 0 Å². The summed E-state index contributed by atoms with van der Waals surface area (Å²) < 4.78 is 63.7. The molecule has 3 amide bonds. The van der Waals surface area contributed by atoms with E-state index in [4.69, 9.17) is 81.4 Å². The lowest BCUT2D eigenvalue weighted by Gasteiger charge is -2.46. The summed E-state index contributed by atoms with van der Waals surface area (Å²) in [5.74, 6) is -8.48. The highest BCUT2D eigenvalue weighted by atomic mass is 32.2. The van der Waals surface area contributed by atoms with Crippen LogP contribution in [0.25, 0.3) is 0 Å². The lowest BCUT2D eigenvalue weighted by Crippen LogP contribution is -2.65. The number of hydrogen-bond acceptors (Lipinski definition) is 34. The molecule has 0 radical (unpaired) electrons. The standard InChI is InChI=1S/C56H89N3O35S2/c1-20(2)50(76)79-17-33-30(91-93-55-39(68)37(66)42(45(88-55)48(72)73)86-52-26(57-23(5)61)13-29(90-78-8)32(16-60)82-52)14-28(59-25(7)63)54(83-33)87-43-38(67)40(69)56(89-46(43)49(74)75)94-92-31-15-27(58-24(6)62)53(85-41-36(65)35(64)22(4)81-44(41)47(70)71)84-34(31)18-80-51(77)21(3)19-96-12-10-9-11-95/h20-22,26-46,52-56,60,64-69,95H,9-19H2,1-8H3,(H,57,61)(H,58,62)(H,59,63)(H,70,71)(H,72,73)(H,74,75)/t21-,22?,26-,27-,28?,29-,30-,31-,32?,33?,34-,35?,36?,37?,38?,39?,40?,41+,42+,43+,44?,45?,46?,52-,53-,54-,55?,56?/m0/s1. The number of carbonyl (C=O) groups is 8. The second kappa shape index (κ2) is 37.8. The molecule has 96 heavy (non-hydrogen) atoms. The van der Waals surface area contributed by atoms with Crippen molar-refractivity contribution in [3.63, 3.8) is 0 Å². The molecule has 6 saturated heterocycles. The van der Waals surface area contributed by atoms with Gasteiger partial charge < -0.3 is 119 Å². The highest BCUT2D eigenvalue weighted by Gasteiger charge is 2.57. The van der Waals surface area contributed by atoms with Gasteiger partial charge in [-0.2, -0.15) is 24.4 Å². The number of aliphatic hydroxyl groups is 7. The van der Waals surface area contributed by atoms with Crippen molar-refractivity contribution in [2.45, 2.75) is 246 Å². The number of carbonyl (C=O) groups excluding carboxylic acids is 5. The highest BCUT2D eigenvalue weighted by molar-refractivity contribution is 7.99. The lowest BCUT2D eigenvalue weighted by atomic mass is 9.94. The Labute approximate surface area is 559 Å². The largest absolute Gasteiger partial charge is 0.479 e. The molecule has 6 fully saturated rings. The van der Waals surface area contributed by atoms with Gasteiger partial charge in [-0.15, -0.1) is 0 Å². The van der Waals surface area contributed by atoms with Crippen LogP contribution in [0, 0.1) is 11.8 Å². The Morgan fingerprint density at radius 1 is 0.510 bits per heavy atom. The molecule has 0 aromatic heterocycles. The number of thiol groups is 1. The maximum atomic E-state index is 13.4. The molecule has 6 aliphatic rings. The van der Waals surface area contributed by atoms with Gasteiger partial charge in [0.05, 0.1) is 49.8 Å². The third-order valence-electron chi connectivity index (χ3n) is 16.0. The number of nitrogens with one attached hydrogen (secondary N) is 3. The SMILES string of the molecule is COO[C@H]1C[C@H](NC(C)=O)[C@H](O[C@H]2C(C(=O)O)OC(OO[C@H]3CC(NC(C)=O)[C@H](O[C@H]4C(C(=O)O)OC(OO[C@H]5C[C@H](NC(C)=O)[C@H](O[C@H]6C(C(=O)O)OC(C)C(O)C6O)O[C@H]5COC(=O)[C@@H](C)CSCCCCS)C(O)C4O)OC3COC(=O)C(C)C)C(O)C2O)OC1CO. The molecule has 6 rings (SSSR count). The number of esters is 2. The Balaban J connectivity index is 1.20. The number of aliphatic carboxylic acids is 3. The number of rotatable bonds is 33. The zero-order valence-electron chi connectivity index (χ0n) is 53.6. The highest BCUT2D eigenvalue weighted by Crippen LogP contribution is 2.37. The fourth-order valence-corrected chi connectivity index (χ4v) is 12.2. The van der Waals surface area contributed by atoms with Crippen LogP contribution in [0.15, 0.2) is 0 Å². The summed E-state index contributed by atoms with van der Waals surface area (Å²) in [6.45, 7) is 7.12. The van der Waals surface area contributed by atoms with Crippen molar-refractivity contribution in [2.24, 2.45) is 11.8 Å². The first-order chi connectivity index (χ1) is 45.4. The van der Waals surface area contributed by atoms with Gasteiger partial charge in [-0.25, -0.2) is 43.7 Å². The molecular weight excluding hydrogens is 1340 g/mol. The number of unbranched alkanes of at least 4 members (excludes halogenated alkanes) is 1. The van der Waals surface area contributed by atoms with E-state index in [-0.39, 0.29) is 6.42 Å². The Morgan fingerprint density at radius 3 is 1.27 bits per heavy atom. The first kappa shape index (κ1) is 80.6. The summed E-state index contributed by atoms with van der Waals surface area (Å²) in [7, 11) is 1.18. The predicted octanol–water partition coefficient (Wildman–Crippen LogP) is -4.95. The molecule has 6 aliphatic heterocycles. The molecule has 550 valence electrons. The maximum absolute atomic E-state index is 13.4. The van der Waals surface area contributed by atoms with Gasteiger partial charge in [-0.1, -0.05) is 20.8 Å². The van der Waals surface area contributed by atoms with Gasteiger partial charge in [0.2, 0.25) is 30.3 Å². The molecule has 40 heteroatoms. The summed E-state index contributed by atoms with van der Waals surface area (Å²) >= 11 is 5.70.